The fourth-order valence-electron chi connectivity index (χ4n) is 1.14. The van der Waals surface area contributed by atoms with Crippen LogP contribution in [0.15, 0.2) is 13.6 Å². The van der Waals surface area contributed by atoms with Gasteiger partial charge >= 0.3 is 5.97 Å². The molecule has 84 valence electrons. The van der Waals surface area contributed by atoms with Gasteiger partial charge in [-0.25, -0.2) is 0 Å². The Hall–Kier alpha value is 0.0900. The Balaban J connectivity index is 2.57. The standard InChI is InChI=1S/C9H11Br2NO2S/c1-14-8(13)3-2-6(12)5-4-7(10)15-9(5)11/h4,6H,2-3,12H2,1H3. The van der Waals surface area contributed by atoms with Gasteiger partial charge in [0.25, 0.3) is 0 Å². The predicted octanol–water partition coefficient (Wildman–Crippen LogP) is 3.23. The largest absolute Gasteiger partial charge is 0.469 e. The normalized spacial score (nSPS) is 12.5. The number of halogens is 2. The molecule has 1 atom stereocenters. The first-order chi connectivity index (χ1) is 7.04. The van der Waals surface area contributed by atoms with E-state index in [0.29, 0.717) is 12.8 Å². The van der Waals surface area contributed by atoms with Crippen molar-refractivity contribution < 1.29 is 9.53 Å². The van der Waals surface area contributed by atoms with Crippen LogP contribution in [-0.4, -0.2) is 13.1 Å². The third-order valence-corrected chi connectivity index (χ3v) is 4.36. The maximum absolute atomic E-state index is 10.9. The number of hydrogen-bond donors (Lipinski definition) is 1. The van der Waals surface area contributed by atoms with Crippen LogP contribution in [-0.2, 0) is 9.53 Å². The summed E-state index contributed by atoms with van der Waals surface area (Å²) in [4.78, 5) is 10.9. The Morgan fingerprint density at radius 1 is 1.67 bits per heavy atom. The number of ether oxygens (including phenoxy) is 1. The molecule has 0 aliphatic carbocycles. The number of rotatable bonds is 4. The zero-order chi connectivity index (χ0) is 11.4. The summed E-state index contributed by atoms with van der Waals surface area (Å²) in [7, 11) is 1.38. The lowest BCUT2D eigenvalue weighted by molar-refractivity contribution is -0.140. The van der Waals surface area contributed by atoms with E-state index in [-0.39, 0.29) is 12.0 Å². The number of hydrogen-bond acceptors (Lipinski definition) is 4. The van der Waals surface area contributed by atoms with Crippen molar-refractivity contribution in [1.29, 1.82) is 0 Å². The number of methoxy groups -OCH3 is 1. The molecule has 0 aromatic carbocycles. The van der Waals surface area contributed by atoms with Crippen LogP contribution in [0.3, 0.4) is 0 Å². The van der Waals surface area contributed by atoms with Gasteiger partial charge in [0.1, 0.15) is 0 Å². The van der Waals surface area contributed by atoms with E-state index in [4.69, 9.17) is 5.73 Å². The van der Waals surface area contributed by atoms with Crippen LogP contribution in [0.4, 0.5) is 0 Å². The van der Waals surface area contributed by atoms with E-state index < -0.39 is 0 Å². The van der Waals surface area contributed by atoms with E-state index in [1.165, 1.54) is 7.11 Å². The summed E-state index contributed by atoms with van der Waals surface area (Å²) in [5.74, 6) is -0.226. The second-order valence-corrected chi connectivity index (χ2v) is 6.75. The van der Waals surface area contributed by atoms with Crippen LogP contribution < -0.4 is 5.73 Å². The van der Waals surface area contributed by atoms with Crippen molar-refractivity contribution in [1.82, 2.24) is 0 Å². The van der Waals surface area contributed by atoms with Crippen molar-refractivity contribution >= 4 is 49.2 Å². The van der Waals surface area contributed by atoms with Crippen molar-refractivity contribution in [3.8, 4) is 0 Å². The Morgan fingerprint density at radius 3 is 2.80 bits per heavy atom. The Kier molecular flexibility index (Phi) is 5.25. The predicted molar refractivity (Wildman–Crippen MR) is 67.9 cm³/mol. The van der Waals surface area contributed by atoms with Crippen LogP contribution in [0.5, 0.6) is 0 Å². The van der Waals surface area contributed by atoms with Crippen molar-refractivity contribution in [2.45, 2.75) is 18.9 Å². The third kappa shape index (κ3) is 3.86. The van der Waals surface area contributed by atoms with E-state index in [0.717, 1.165) is 13.1 Å². The van der Waals surface area contributed by atoms with Gasteiger partial charge < -0.3 is 10.5 Å². The van der Waals surface area contributed by atoms with Gasteiger partial charge in [0.2, 0.25) is 0 Å². The average molecular weight is 357 g/mol. The summed E-state index contributed by atoms with van der Waals surface area (Å²) >= 11 is 8.40. The number of esters is 1. The van der Waals surface area contributed by atoms with Crippen LogP contribution >= 0.6 is 43.2 Å². The molecule has 0 saturated carbocycles. The van der Waals surface area contributed by atoms with Crippen LogP contribution in [0, 0.1) is 0 Å². The Bertz CT molecular complexity index is 354. The highest BCUT2D eigenvalue weighted by Crippen LogP contribution is 2.35. The molecule has 0 aliphatic heterocycles. The summed E-state index contributed by atoms with van der Waals surface area (Å²) in [6, 6.07) is 1.83. The first kappa shape index (κ1) is 13.2. The molecule has 0 spiro atoms. The van der Waals surface area contributed by atoms with E-state index in [9.17, 15) is 4.79 Å². The molecular weight excluding hydrogens is 346 g/mol. The molecule has 1 rings (SSSR count). The van der Waals surface area contributed by atoms with Gasteiger partial charge in [-0.1, -0.05) is 0 Å². The topological polar surface area (TPSA) is 52.3 Å². The third-order valence-electron chi connectivity index (χ3n) is 1.97. The molecule has 6 heteroatoms. The minimum atomic E-state index is -0.226. The second-order valence-electron chi connectivity index (χ2n) is 3.00. The molecule has 15 heavy (non-hydrogen) atoms. The summed E-state index contributed by atoms with van der Waals surface area (Å²) < 4.78 is 6.59. The van der Waals surface area contributed by atoms with Crippen molar-refractivity contribution in [3.63, 3.8) is 0 Å². The first-order valence-electron chi connectivity index (χ1n) is 4.31. The lowest BCUT2D eigenvalue weighted by Crippen LogP contribution is -2.12. The van der Waals surface area contributed by atoms with Gasteiger partial charge in [-0.05, 0) is 49.9 Å². The first-order valence-corrected chi connectivity index (χ1v) is 6.72. The number of carbonyl (C=O) groups excluding carboxylic acids is 1. The number of thiophene rings is 1. The summed E-state index contributed by atoms with van der Waals surface area (Å²) in [6.45, 7) is 0. The van der Waals surface area contributed by atoms with Gasteiger partial charge in [0.05, 0.1) is 14.7 Å². The summed E-state index contributed by atoms with van der Waals surface area (Å²) in [5.41, 5.74) is 6.98. The highest BCUT2D eigenvalue weighted by atomic mass is 79.9. The lowest BCUT2D eigenvalue weighted by Gasteiger charge is -2.09. The molecule has 1 unspecified atom stereocenters. The molecule has 3 nitrogen and oxygen atoms in total. The smallest absolute Gasteiger partial charge is 0.305 e. The molecule has 1 aromatic rings. The van der Waals surface area contributed by atoms with Crippen molar-refractivity contribution in [2.75, 3.05) is 7.11 Å². The fraction of sp³-hybridized carbons (Fsp3) is 0.444. The van der Waals surface area contributed by atoms with Crippen molar-refractivity contribution in [2.24, 2.45) is 5.73 Å². The van der Waals surface area contributed by atoms with Gasteiger partial charge in [0.15, 0.2) is 0 Å². The second kappa shape index (κ2) is 5.98. The molecule has 0 bridgehead atoms. The van der Waals surface area contributed by atoms with Gasteiger partial charge in [-0.2, -0.15) is 0 Å². The molecule has 0 saturated heterocycles. The van der Waals surface area contributed by atoms with Crippen LogP contribution in [0.25, 0.3) is 0 Å². The minimum absolute atomic E-state index is 0.138. The maximum atomic E-state index is 10.9. The molecule has 0 amide bonds. The SMILES string of the molecule is COC(=O)CCC(N)c1cc(Br)sc1Br. The van der Waals surface area contributed by atoms with Gasteiger partial charge in [0, 0.05) is 12.5 Å². The van der Waals surface area contributed by atoms with E-state index in [1.54, 1.807) is 11.3 Å². The van der Waals surface area contributed by atoms with E-state index >= 15 is 0 Å². The average Bonchev–Trinajstić information content (AvgIpc) is 2.53. The zero-order valence-corrected chi connectivity index (χ0v) is 12.1. The van der Waals surface area contributed by atoms with Gasteiger partial charge in [-0.15, -0.1) is 11.3 Å². The monoisotopic (exact) mass is 355 g/mol. The van der Waals surface area contributed by atoms with E-state index in [1.807, 2.05) is 6.07 Å². The van der Waals surface area contributed by atoms with E-state index in [2.05, 4.69) is 36.6 Å². The summed E-state index contributed by atoms with van der Waals surface area (Å²) in [6.07, 6.45) is 0.937. The Morgan fingerprint density at radius 2 is 2.33 bits per heavy atom. The lowest BCUT2D eigenvalue weighted by atomic mass is 10.1. The molecule has 0 radical (unpaired) electrons. The quantitative estimate of drug-likeness (QED) is 0.842. The number of carbonyl (C=O) groups is 1. The molecule has 1 heterocycles. The van der Waals surface area contributed by atoms with Crippen LogP contribution in [0.2, 0.25) is 0 Å². The maximum Gasteiger partial charge on any atom is 0.305 e. The molecule has 0 fully saturated rings. The number of nitrogens with two attached hydrogens (primary N) is 1. The van der Waals surface area contributed by atoms with Crippen molar-refractivity contribution in [3.05, 3.63) is 19.2 Å². The minimum Gasteiger partial charge on any atom is -0.469 e. The fourth-order valence-corrected chi connectivity index (χ4v) is 4.14. The molecule has 2 N–H and O–H groups in total. The molecule has 1 aromatic heterocycles. The van der Waals surface area contributed by atoms with Crippen LogP contribution in [0.1, 0.15) is 24.4 Å². The highest BCUT2D eigenvalue weighted by molar-refractivity contribution is 9.12. The zero-order valence-electron chi connectivity index (χ0n) is 8.13. The summed E-state index contributed by atoms with van der Waals surface area (Å²) in [5, 5.41) is 0. The Labute approximate surface area is 109 Å². The molecular formula is C9H11Br2NO2S. The highest BCUT2D eigenvalue weighted by Gasteiger charge is 2.14. The molecule has 0 aliphatic rings. The van der Waals surface area contributed by atoms with Gasteiger partial charge in [-0.3, -0.25) is 4.79 Å².